The van der Waals surface area contributed by atoms with Crippen LogP contribution in [0, 0.1) is 5.82 Å². The Labute approximate surface area is 191 Å². The van der Waals surface area contributed by atoms with Gasteiger partial charge in [-0.3, -0.25) is 4.90 Å². The molecule has 174 valence electrons. The molecule has 5 rings (SSSR count). The zero-order valence-electron chi connectivity index (χ0n) is 19.3. The third-order valence-electron chi connectivity index (χ3n) is 6.28. The second kappa shape index (κ2) is 7.90. The minimum absolute atomic E-state index is 0.0363. The summed E-state index contributed by atoms with van der Waals surface area (Å²) in [7, 11) is 1.40. The van der Waals surface area contributed by atoms with Crippen LogP contribution in [0.4, 0.5) is 14.9 Å². The van der Waals surface area contributed by atoms with Crippen molar-refractivity contribution in [2.75, 3.05) is 25.1 Å². The fraction of sp³-hybridized carbons (Fsp3) is 0.458. The summed E-state index contributed by atoms with van der Waals surface area (Å²) in [5.41, 5.74) is 2.49. The quantitative estimate of drug-likeness (QED) is 0.594. The van der Waals surface area contributed by atoms with Gasteiger partial charge in [0.15, 0.2) is 5.82 Å². The molecule has 2 unspecified atom stereocenters. The van der Waals surface area contributed by atoms with Crippen LogP contribution in [0.1, 0.15) is 33.6 Å². The van der Waals surface area contributed by atoms with Gasteiger partial charge in [-0.25, -0.2) is 18.7 Å². The Balaban J connectivity index is 1.45. The molecule has 5 heterocycles. The molecule has 2 aliphatic rings. The van der Waals surface area contributed by atoms with Crippen molar-refractivity contribution in [2.45, 2.75) is 51.3 Å². The third-order valence-corrected chi connectivity index (χ3v) is 6.28. The zero-order valence-corrected chi connectivity index (χ0v) is 19.3. The largest absolute Gasteiger partial charge is 0.479 e. The summed E-state index contributed by atoms with van der Waals surface area (Å²) < 4.78 is 27.3. The van der Waals surface area contributed by atoms with Gasteiger partial charge in [-0.2, -0.15) is 5.10 Å². The second-order valence-electron chi connectivity index (χ2n) is 9.63. The Kier molecular flexibility index (Phi) is 5.14. The molecule has 8 nitrogen and oxygen atoms in total. The smallest absolute Gasteiger partial charge is 0.410 e. The number of piperazine rings is 1. The molecule has 3 aromatic rings. The number of nitrogens with zero attached hydrogens (tertiary/aromatic N) is 5. The Morgan fingerprint density at radius 1 is 1.15 bits per heavy atom. The molecule has 2 bridgehead atoms. The second-order valence-corrected chi connectivity index (χ2v) is 9.63. The summed E-state index contributed by atoms with van der Waals surface area (Å²) in [6.45, 7) is 7.10. The molecule has 0 saturated carbocycles. The summed E-state index contributed by atoms with van der Waals surface area (Å²) in [6.07, 6.45) is 6.76. The first-order valence-corrected chi connectivity index (χ1v) is 11.2. The number of methoxy groups -OCH3 is 1. The third kappa shape index (κ3) is 3.85. The highest BCUT2D eigenvalue weighted by Crippen LogP contribution is 2.37. The van der Waals surface area contributed by atoms with Gasteiger partial charge in [-0.05, 0) is 51.8 Å². The standard InChI is InChI=1S/C24H28FN5O3/c1-24(2,3)33-23(31)30-16-5-6-17(30)14-28(13-16)19-8-10-27-29-12-15(11-20(19)29)18-7-9-26-22(32-4)21(18)25/h7-12,16-17H,5-6,13-14H2,1-4H3. The number of carbonyl (C=O) groups is 1. The Morgan fingerprint density at radius 3 is 2.55 bits per heavy atom. The molecule has 0 aliphatic carbocycles. The summed E-state index contributed by atoms with van der Waals surface area (Å²) in [4.78, 5) is 20.9. The Bertz CT molecular complexity index is 1190. The first-order valence-electron chi connectivity index (χ1n) is 11.2. The van der Waals surface area contributed by atoms with Gasteiger partial charge >= 0.3 is 6.09 Å². The number of carbonyl (C=O) groups excluding carboxylic acids is 1. The van der Waals surface area contributed by atoms with Crippen LogP contribution in [0.15, 0.2) is 36.8 Å². The van der Waals surface area contributed by atoms with Crippen molar-refractivity contribution >= 4 is 17.3 Å². The molecular formula is C24H28FN5O3. The molecule has 3 aromatic heterocycles. The van der Waals surface area contributed by atoms with Gasteiger partial charge in [-0.15, -0.1) is 0 Å². The lowest BCUT2D eigenvalue weighted by atomic mass is 10.1. The van der Waals surface area contributed by atoms with Gasteiger partial charge in [0.2, 0.25) is 0 Å². The first-order chi connectivity index (χ1) is 15.7. The van der Waals surface area contributed by atoms with E-state index in [0.717, 1.165) is 24.0 Å². The molecule has 0 aromatic carbocycles. The van der Waals surface area contributed by atoms with Gasteiger partial charge in [0.05, 0.1) is 30.4 Å². The first kappa shape index (κ1) is 21.5. The zero-order chi connectivity index (χ0) is 23.3. The van der Waals surface area contributed by atoms with Gasteiger partial charge in [0.1, 0.15) is 5.60 Å². The lowest BCUT2D eigenvalue weighted by molar-refractivity contribution is 0.0123. The molecule has 2 aliphatic heterocycles. The number of pyridine rings is 1. The Morgan fingerprint density at radius 2 is 1.88 bits per heavy atom. The summed E-state index contributed by atoms with van der Waals surface area (Å²) in [5, 5.41) is 4.43. The van der Waals surface area contributed by atoms with Crippen LogP contribution in [0.3, 0.4) is 0 Å². The summed E-state index contributed by atoms with van der Waals surface area (Å²) in [5.74, 6) is -0.535. The minimum Gasteiger partial charge on any atom is -0.479 e. The normalized spacial score (nSPS) is 20.4. The van der Waals surface area contributed by atoms with Crippen molar-refractivity contribution in [3.05, 3.63) is 42.6 Å². The molecule has 2 fully saturated rings. The lowest BCUT2D eigenvalue weighted by Gasteiger charge is -2.42. The fourth-order valence-electron chi connectivity index (χ4n) is 4.92. The molecule has 9 heteroatoms. The van der Waals surface area contributed by atoms with Crippen LogP contribution >= 0.6 is 0 Å². The number of amides is 1. The fourth-order valence-corrected chi connectivity index (χ4v) is 4.92. The molecule has 0 N–H and O–H groups in total. The molecule has 1 amide bonds. The number of hydrogen-bond acceptors (Lipinski definition) is 6. The molecule has 33 heavy (non-hydrogen) atoms. The van der Waals surface area contributed by atoms with Crippen molar-refractivity contribution in [2.24, 2.45) is 0 Å². The highest BCUT2D eigenvalue weighted by atomic mass is 19.1. The van der Waals surface area contributed by atoms with Crippen molar-refractivity contribution in [1.29, 1.82) is 0 Å². The van der Waals surface area contributed by atoms with Gasteiger partial charge in [0, 0.05) is 42.8 Å². The number of fused-ring (bicyclic) bond motifs is 3. The number of rotatable bonds is 3. The summed E-state index contributed by atoms with van der Waals surface area (Å²) in [6, 6.07) is 5.74. The topological polar surface area (TPSA) is 72.2 Å². The van der Waals surface area contributed by atoms with Crippen LogP contribution in [0.2, 0.25) is 0 Å². The number of anilines is 1. The highest BCUT2D eigenvalue weighted by molar-refractivity contribution is 5.80. The van der Waals surface area contributed by atoms with Gasteiger partial charge in [0.25, 0.3) is 5.88 Å². The van der Waals surface area contributed by atoms with Crippen molar-refractivity contribution in [3.63, 3.8) is 0 Å². The average molecular weight is 454 g/mol. The summed E-state index contributed by atoms with van der Waals surface area (Å²) >= 11 is 0. The van der Waals surface area contributed by atoms with E-state index >= 15 is 0 Å². The van der Waals surface area contributed by atoms with Crippen molar-refractivity contribution in [3.8, 4) is 17.0 Å². The predicted octanol–water partition coefficient (Wildman–Crippen LogP) is 4.13. The van der Waals surface area contributed by atoms with Crippen LogP contribution in [-0.4, -0.2) is 63.5 Å². The van der Waals surface area contributed by atoms with E-state index in [1.165, 1.54) is 13.3 Å². The van der Waals surface area contributed by atoms with Crippen molar-refractivity contribution in [1.82, 2.24) is 19.5 Å². The molecule has 2 saturated heterocycles. The van der Waals surface area contributed by atoms with Crippen LogP contribution < -0.4 is 9.64 Å². The van der Waals surface area contributed by atoms with E-state index in [4.69, 9.17) is 9.47 Å². The van der Waals surface area contributed by atoms with E-state index in [-0.39, 0.29) is 24.1 Å². The maximum atomic E-state index is 14.8. The van der Waals surface area contributed by atoms with E-state index in [9.17, 15) is 9.18 Å². The monoisotopic (exact) mass is 453 g/mol. The van der Waals surface area contributed by atoms with Gasteiger partial charge < -0.3 is 14.4 Å². The Hall–Kier alpha value is -3.36. The maximum absolute atomic E-state index is 14.8. The van der Waals surface area contributed by atoms with Crippen LogP contribution in [-0.2, 0) is 4.74 Å². The average Bonchev–Trinajstić information content (AvgIpc) is 3.31. The molecule has 0 radical (unpaired) electrons. The van der Waals surface area contributed by atoms with Crippen LogP contribution in [0.25, 0.3) is 16.6 Å². The lowest BCUT2D eigenvalue weighted by Crippen LogP contribution is -2.56. The van der Waals surface area contributed by atoms with Crippen LogP contribution in [0.5, 0.6) is 5.88 Å². The number of hydrogen-bond donors (Lipinski definition) is 0. The number of aromatic nitrogens is 3. The van der Waals surface area contributed by atoms with Gasteiger partial charge in [-0.1, -0.05) is 0 Å². The predicted molar refractivity (Wildman–Crippen MR) is 122 cm³/mol. The van der Waals surface area contributed by atoms with E-state index < -0.39 is 11.4 Å². The van der Waals surface area contributed by atoms with E-state index in [1.807, 2.05) is 44.0 Å². The maximum Gasteiger partial charge on any atom is 0.410 e. The highest BCUT2D eigenvalue weighted by Gasteiger charge is 2.44. The van der Waals surface area contributed by atoms with E-state index in [0.29, 0.717) is 24.2 Å². The van der Waals surface area contributed by atoms with E-state index in [1.54, 1.807) is 16.8 Å². The van der Waals surface area contributed by atoms with Crippen molar-refractivity contribution < 1.29 is 18.7 Å². The number of halogens is 1. The molecule has 2 atom stereocenters. The van der Waals surface area contributed by atoms with E-state index in [2.05, 4.69) is 15.0 Å². The SMILES string of the molecule is COc1nccc(-c2cc3c(N4CC5CCC(C4)N5C(=O)OC(C)(C)C)ccnn3c2)c1F. The molecular weight excluding hydrogens is 425 g/mol. The minimum atomic E-state index is -0.516. The number of ether oxygens (including phenoxy) is 2. The molecule has 0 spiro atoms.